The molecule has 1 atom stereocenters. The molecule has 0 spiro atoms. The quantitative estimate of drug-likeness (QED) is 0.627. The van der Waals surface area contributed by atoms with Crippen molar-refractivity contribution in [2.45, 2.75) is 51.0 Å². The van der Waals surface area contributed by atoms with Crippen molar-refractivity contribution in [2.24, 2.45) is 0 Å². The summed E-state index contributed by atoms with van der Waals surface area (Å²) >= 11 is 0. The lowest BCUT2D eigenvalue weighted by Gasteiger charge is -2.38. The molecule has 3 aliphatic rings. The fraction of sp³-hybridized carbons (Fsp3) is 0.333. The number of hydrogen-bond donors (Lipinski definition) is 1. The Morgan fingerprint density at radius 1 is 0.933 bits per heavy atom. The Morgan fingerprint density at radius 2 is 1.73 bits per heavy atom. The van der Waals surface area contributed by atoms with Crippen LogP contribution in [0.25, 0.3) is 0 Å². The highest BCUT2D eigenvalue weighted by Gasteiger charge is 2.52. The Labute approximate surface area is 174 Å². The summed E-state index contributed by atoms with van der Waals surface area (Å²) < 4.78 is 0. The molecular weight excluding hydrogens is 380 g/mol. The second-order valence-electron chi connectivity index (χ2n) is 8.55. The highest BCUT2D eigenvalue weighted by atomic mass is 16.2. The van der Waals surface area contributed by atoms with E-state index in [1.54, 1.807) is 25.1 Å². The number of carbonyl (C=O) groups is 4. The van der Waals surface area contributed by atoms with Crippen molar-refractivity contribution in [1.82, 2.24) is 4.90 Å². The van der Waals surface area contributed by atoms with Gasteiger partial charge in [0.2, 0.25) is 0 Å². The molecule has 6 heteroatoms. The molecule has 2 aliphatic carbocycles. The van der Waals surface area contributed by atoms with Crippen LogP contribution in [0, 0.1) is 0 Å². The minimum absolute atomic E-state index is 0.145. The zero-order chi connectivity index (χ0) is 21.0. The smallest absolute Gasteiger partial charge is 0.264 e. The Bertz CT molecular complexity index is 1140. The van der Waals surface area contributed by atoms with Crippen LogP contribution in [0.4, 0.5) is 11.4 Å². The van der Waals surface area contributed by atoms with Crippen LogP contribution in [-0.2, 0) is 22.4 Å². The maximum absolute atomic E-state index is 13.4. The van der Waals surface area contributed by atoms with E-state index >= 15 is 0 Å². The standard InChI is InChI=1S/C24H22N2O4/c1-24(11-10-17(27)13-20(24)28)26-22(29)18-6-3-7-19(21(18)23(26)30)25-16-9-8-14-4-2-5-15(14)12-16/h3,6-9,12,25H,2,4-5,10-11,13H2,1H3/t24-/m0/s1. The first kappa shape index (κ1) is 18.7. The molecule has 1 N–H and O–H groups in total. The first-order chi connectivity index (χ1) is 14.4. The van der Waals surface area contributed by atoms with Gasteiger partial charge in [-0.2, -0.15) is 0 Å². The number of anilines is 2. The molecule has 5 rings (SSSR count). The normalized spacial score (nSPS) is 23.0. The van der Waals surface area contributed by atoms with Gasteiger partial charge in [-0.1, -0.05) is 12.1 Å². The molecule has 0 bridgehead atoms. The third-order valence-electron chi connectivity index (χ3n) is 6.64. The number of Topliss-reactive ketones (excluding diaryl/α,β-unsaturated/α-hetero) is 2. The van der Waals surface area contributed by atoms with E-state index in [0.29, 0.717) is 5.69 Å². The molecule has 2 aromatic rings. The van der Waals surface area contributed by atoms with Gasteiger partial charge < -0.3 is 5.32 Å². The second-order valence-corrected chi connectivity index (χ2v) is 8.55. The second kappa shape index (κ2) is 6.62. The molecule has 1 heterocycles. The summed E-state index contributed by atoms with van der Waals surface area (Å²) in [6.45, 7) is 1.59. The number of carbonyl (C=O) groups excluding carboxylic acids is 4. The molecule has 30 heavy (non-hydrogen) atoms. The van der Waals surface area contributed by atoms with Gasteiger partial charge in [-0.05, 0) is 68.0 Å². The molecule has 1 fully saturated rings. The molecule has 2 amide bonds. The molecule has 0 radical (unpaired) electrons. The molecule has 6 nitrogen and oxygen atoms in total. The van der Waals surface area contributed by atoms with E-state index in [0.717, 1.165) is 29.8 Å². The first-order valence-electron chi connectivity index (χ1n) is 10.3. The molecule has 2 aromatic carbocycles. The minimum atomic E-state index is -1.29. The number of ketones is 2. The van der Waals surface area contributed by atoms with Gasteiger partial charge in [0.25, 0.3) is 11.8 Å². The summed E-state index contributed by atoms with van der Waals surface area (Å²) in [6, 6.07) is 11.3. The number of nitrogens with one attached hydrogen (secondary N) is 1. The summed E-state index contributed by atoms with van der Waals surface area (Å²) in [5.74, 6) is -1.48. The van der Waals surface area contributed by atoms with E-state index < -0.39 is 17.4 Å². The van der Waals surface area contributed by atoms with Crippen molar-refractivity contribution >= 4 is 34.8 Å². The fourth-order valence-corrected chi connectivity index (χ4v) is 4.86. The summed E-state index contributed by atoms with van der Waals surface area (Å²) in [4.78, 5) is 51.9. The van der Waals surface area contributed by atoms with Gasteiger partial charge in [-0.3, -0.25) is 24.1 Å². The van der Waals surface area contributed by atoms with Crippen LogP contribution < -0.4 is 5.32 Å². The van der Waals surface area contributed by atoms with Gasteiger partial charge in [0.05, 0.1) is 23.2 Å². The maximum atomic E-state index is 13.4. The zero-order valence-corrected chi connectivity index (χ0v) is 16.8. The maximum Gasteiger partial charge on any atom is 0.264 e. The number of fused-ring (bicyclic) bond motifs is 2. The first-order valence-corrected chi connectivity index (χ1v) is 10.3. The van der Waals surface area contributed by atoms with Crippen LogP contribution >= 0.6 is 0 Å². The molecule has 0 aromatic heterocycles. The molecular formula is C24H22N2O4. The average molecular weight is 402 g/mol. The van der Waals surface area contributed by atoms with E-state index in [4.69, 9.17) is 0 Å². The number of imide groups is 1. The number of benzene rings is 2. The average Bonchev–Trinajstić information content (AvgIpc) is 3.28. The van der Waals surface area contributed by atoms with Crippen LogP contribution in [0.5, 0.6) is 0 Å². The summed E-state index contributed by atoms with van der Waals surface area (Å²) in [5, 5.41) is 3.30. The van der Waals surface area contributed by atoms with E-state index in [-0.39, 0.29) is 42.0 Å². The lowest BCUT2D eigenvalue weighted by Crippen LogP contribution is -2.57. The number of aryl methyl sites for hydroxylation is 2. The fourth-order valence-electron chi connectivity index (χ4n) is 4.86. The van der Waals surface area contributed by atoms with Crippen LogP contribution in [0.3, 0.4) is 0 Å². The van der Waals surface area contributed by atoms with E-state index in [1.807, 2.05) is 6.07 Å². The van der Waals surface area contributed by atoms with Crippen molar-refractivity contribution in [1.29, 1.82) is 0 Å². The monoisotopic (exact) mass is 402 g/mol. The predicted molar refractivity (Wildman–Crippen MR) is 111 cm³/mol. The SMILES string of the molecule is C[C@]1(N2C(=O)c3cccc(Nc4ccc5c(c4)CCC5)c3C2=O)CCC(=O)CC1=O. The van der Waals surface area contributed by atoms with Crippen LogP contribution in [0.2, 0.25) is 0 Å². The highest BCUT2D eigenvalue weighted by molar-refractivity contribution is 6.26. The van der Waals surface area contributed by atoms with Crippen molar-refractivity contribution in [2.75, 3.05) is 5.32 Å². The molecule has 0 saturated heterocycles. The Kier molecular flexibility index (Phi) is 4.13. The molecule has 0 unspecified atom stereocenters. The number of rotatable bonds is 3. The lowest BCUT2D eigenvalue weighted by atomic mass is 9.80. The topological polar surface area (TPSA) is 83.6 Å². The third-order valence-corrected chi connectivity index (χ3v) is 6.64. The predicted octanol–water partition coefficient (Wildman–Crippen LogP) is 3.60. The number of nitrogens with zero attached hydrogens (tertiary/aromatic N) is 1. The van der Waals surface area contributed by atoms with Crippen molar-refractivity contribution in [3.05, 3.63) is 58.7 Å². The minimum Gasteiger partial charge on any atom is -0.355 e. The lowest BCUT2D eigenvalue weighted by molar-refractivity contribution is -0.137. The Morgan fingerprint density at radius 3 is 2.53 bits per heavy atom. The van der Waals surface area contributed by atoms with E-state index in [2.05, 4.69) is 17.4 Å². The molecule has 1 saturated carbocycles. The molecule has 1 aliphatic heterocycles. The Hall–Kier alpha value is -3.28. The van der Waals surface area contributed by atoms with Gasteiger partial charge in [-0.15, -0.1) is 0 Å². The van der Waals surface area contributed by atoms with E-state index in [9.17, 15) is 19.2 Å². The van der Waals surface area contributed by atoms with Gasteiger partial charge in [-0.25, -0.2) is 0 Å². The van der Waals surface area contributed by atoms with Gasteiger partial charge >= 0.3 is 0 Å². The third kappa shape index (κ3) is 2.70. The number of hydrogen-bond acceptors (Lipinski definition) is 5. The summed E-state index contributed by atoms with van der Waals surface area (Å²) in [7, 11) is 0. The molecule has 152 valence electrons. The Balaban J connectivity index is 1.51. The van der Waals surface area contributed by atoms with Crippen molar-refractivity contribution in [3.8, 4) is 0 Å². The van der Waals surface area contributed by atoms with Gasteiger partial charge in [0.15, 0.2) is 5.78 Å². The summed E-state index contributed by atoms with van der Waals surface area (Å²) in [6.07, 6.45) is 3.41. The zero-order valence-electron chi connectivity index (χ0n) is 16.8. The largest absolute Gasteiger partial charge is 0.355 e. The van der Waals surface area contributed by atoms with Crippen LogP contribution in [-0.4, -0.2) is 33.8 Å². The summed E-state index contributed by atoms with van der Waals surface area (Å²) in [5.41, 5.74) is 3.37. The van der Waals surface area contributed by atoms with Crippen molar-refractivity contribution in [3.63, 3.8) is 0 Å². The highest BCUT2D eigenvalue weighted by Crippen LogP contribution is 2.39. The van der Waals surface area contributed by atoms with Crippen LogP contribution in [0.1, 0.15) is 64.4 Å². The van der Waals surface area contributed by atoms with Crippen molar-refractivity contribution < 1.29 is 19.2 Å². The van der Waals surface area contributed by atoms with E-state index in [1.165, 1.54) is 11.1 Å². The van der Waals surface area contributed by atoms with Crippen LogP contribution in [0.15, 0.2) is 36.4 Å². The van der Waals surface area contributed by atoms with Gasteiger partial charge in [0, 0.05) is 12.1 Å². The van der Waals surface area contributed by atoms with Gasteiger partial charge in [0.1, 0.15) is 11.3 Å². The number of amides is 2.